The number of fused-ring (bicyclic) bond motifs is 1. The van der Waals surface area contributed by atoms with Gasteiger partial charge in [0.05, 0.1) is 17.2 Å². The highest BCUT2D eigenvalue weighted by atomic mass is 19.1. The number of nitrogens with zero attached hydrogens (tertiary/aromatic N) is 2. The lowest BCUT2D eigenvalue weighted by molar-refractivity contribution is 0.00731. The molecule has 0 bridgehead atoms. The molecule has 2 heterocycles. The van der Waals surface area contributed by atoms with Crippen LogP contribution in [0.15, 0.2) is 24.3 Å². The number of rotatable bonds is 3. The number of amides is 1. The zero-order chi connectivity index (χ0) is 16.4. The van der Waals surface area contributed by atoms with Crippen LogP contribution in [0.25, 0.3) is 10.9 Å². The fraction of sp³-hybridized carbons (Fsp3) is 0.444. The highest BCUT2D eigenvalue weighted by Crippen LogP contribution is 2.23. The van der Waals surface area contributed by atoms with Crippen LogP contribution in [0.3, 0.4) is 0 Å². The Kier molecular flexibility index (Phi) is 4.57. The van der Waals surface area contributed by atoms with Crippen molar-refractivity contribution in [2.45, 2.75) is 32.8 Å². The summed E-state index contributed by atoms with van der Waals surface area (Å²) >= 11 is 0. The van der Waals surface area contributed by atoms with Crippen LogP contribution in [0, 0.1) is 12.7 Å². The first-order valence-corrected chi connectivity index (χ1v) is 8.06. The van der Waals surface area contributed by atoms with Crippen LogP contribution in [0.1, 0.15) is 35.8 Å². The van der Waals surface area contributed by atoms with Gasteiger partial charge in [0.15, 0.2) is 0 Å². The number of hydrogen-bond donors (Lipinski definition) is 0. The van der Waals surface area contributed by atoms with Gasteiger partial charge in [-0.25, -0.2) is 4.39 Å². The minimum absolute atomic E-state index is 0.0310. The maximum absolute atomic E-state index is 13.4. The highest BCUT2D eigenvalue weighted by molar-refractivity contribution is 6.06. The average molecular weight is 316 g/mol. The molecule has 23 heavy (non-hydrogen) atoms. The van der Waals surface area contributed by atoms with E-state index in [-0.39, 0.29) is 17.8 Å². The lowest BCUT2D eigenvalue weighted by Crippen LogP contribution is -2.43. The van der Waals surface area contributed by atoms with E-state index in [1.807, 2.05) is 18.7 Å². The SMILES string of the molecule is CCO[C@@H]1CCCN(C(=O)c2cc(C)nc3cc(F)ccc23)C1. The highest BCUT2D eigenvalue weighted by Gasteiger charge is 2.26. The van der Waals surface area contributed by atoms with Crippen LogP contribution in [0.4, 0.5) is 4.39 Å². The molecule has 122 valence electrons. The molecular formula is C18H21FN2O2. The Balaban J connectivity index is 1.94. The van der Waals surface area contributed by atoms with Crippen molar-refractivity contribution in [2.75, 3.05) is 19.7 Å². The predicted molar refractivity (Wildman–Crippen MR) is 87.0 cm³/mol. The Morgan fingerprint density at radius 1 is 1.43 bits per heavy atom. The van der Waals surface area contributed by atoms with Gasteiger partial charge in [-0.15, -0.1) is 0 Å². The summed E-state index contributed by atoms with van der Waals surface area (Å²) in [6, 6.07) is 6.16. The number of pyridine rings is 1. The summed E-state index contributed by atoms with van der Waals surface area (Å²) in [5.41, 5.74) is 1.82. The topological polar surface area (TPSA) is 42.4 Å². The summed E-state index contributed by atoms with van der Waals surface area (Å²) in [7, 11) is 0. The molecule has 1 atom stereocenters. The van der Waals surface area contributed by atoms with Crippen LogP contribution in [0.2, 0.25) is 0 Å². The van der Waals surface area contributed by atoms with Gasteiger partial charge in [-0.3, -0.25) is 9.78 Å². The molecule has 2 aromatic rings. The van der Waals surface area contributed by atoms with Crippen molar-refractivity contribution in [1.82, 2.24) is 9.88 Å². The van der Waals surface area contributed by atoms with Gasteiger partial charge in [0.1, 0.15) is 5.82 Å². The van der Waals surface area contributed by atoms with Gasteiger partial charge in [0, 0.05) is 36.8 Å². The Labute approximate surface area is 135 Å². The van der Waals surface area contributed by atoms with E-state index >= 15 is 0 Å². The molecule has 0 N–H and O–H groups in total. The number of aryl methyl sites for hydroxylation is 1. The second-order valence-electron chi connectivity index (χ2n) is 5.94. The summed E-state index contributed by atoms with van der Waals surface area (Å²) in [6.45, 7) is 5.78. The molecule has 0 aliphatic carbocycles. The Morgan fingerprint density at radius 2 is 2.26 bits per heavy atom. The Bertz CT molecular complexity index is 725. The van der Waals surface area contributed by atoms with Gasteiger partial charge in [0.2, 0.25) is 0 Å². The zero-order valence-corrected chi connectivity index (χ0v) is 13.5. The number of ether oxygens (including phenoxy) is 1. The molecule has 3 rings (SSSR count). The third-order valence-corrected chi connectivity index (χ3v) is 4.20. The first kappa shape index (κ1) is 15.9. The standard InChI is InChI=1S/C18H21FN2O2/c1-3-23-14-5-4-8-21(11-14)18(22)16-9-12(2)20-17-10-13(19)6-7-15(16)17/h6-7,9-10,14H,3-5,8,11H2,1-2H3/t14-/m1/s1. The molecule has 0 spiro atoms. The van der Waals surface area contributed by atoms with Gasteiger partial charge in [-0.1, -0.05) is 0 Å². The fourth-order valence-electron chi connectivity index (χ4n) is 3.18. The molecule has 0 unspecified atom stereocenters. The second-order valence-corrected chi connectivity index (χ2v) is 5.94. The molecule has 5 heteroatoms. The molecular weight excluding hydrogens is 295 g/mol. The molecule has 1 amide bonds. The Hall–Kier alpha value is -2.01. The average Bonchev–Trinajstić information content (AvgIpc) is 2.53. The number of hydrogen-bond acceptors (Lipinski definition) is 3. The van der Waals surface area contributed by atoms with Crippen molar-refractivity contribution in [3.05, 3.63) is 41.3 Å². The van der Waals surface area contributed by atoms with Crippen LogP contribution >= 0.6 is 0 Å². The summed E-state index contributed by atoms with van der Waals surface area (Å²) in [5.74, 6) is -0.375. The number of piperidine rings is 1. The van der Waals surface area contributed by atoms with Crippen molar-refractivity contribution in [1.29, 1.82) is 0 Å². The number of aromatic nitrogens is 1. The third kappa shape index (κ3) is 3.34. The van der Waals surface area contributed by atoms with Crippen molar-refractivity contribution in [2.24, 2.45) is 0 Å². The Morgan fingerprint density at radius 3 is 3.04 bits per heavy atom. The largest absolute Gasteiger partial charge is 0.377 e. The number of likely N-dealkylation sites (tertiary alicyclic amines) is 1. The minimum Gasteiger partial charge on any atom is -0.377 e. The molecule has 1 fully saturated rings. The normalized spacial score (nSPS) is 18.4. The number of carbonyl (C=O) groups is 1. The van der Waals surface area contributed by atoms with Crippen molar-refractivity contribution >= 4 is 16.8 Å². The van der Waals surface area contributed by atoms with Crippen molar-refractivity contribution in [3.63, 3.8) is 0 Å². The van der Waals surface area contributed by atoms with Crippen molar-refractivity contribution in [3.8, 4) is 0 Å². The molecule has 1 saturated heterocycles. The fourth-order valence-corrected chi connectivity index (χ4v) is 3.18. The molecule has 4 nitrogen and oxygen atoms in total. The van der Waals surface area contributed by atoms with E-state index in [9.17, 15) is 9.18 Å². The van der Waals surface area contributed by atoms with E-state index in [1.165, 1.54) is 12.1 Å². The van der Waals surface area contributed by atoms with Gasteiger partial charge in [-0.05, 0) is 44.9 Å². The lowest BCUT2D eigenvalue weighted by atomic mass is 10.0. The number of benzene rings is 1. The van der Waals surface area contributed by atoms with Crippen LogP contribution in [-0.2, 0) is 4.74 Å². The lowest BCUT2D eigenvalue weighted by Gasteiger charge is -2.32. The third-order valence-electron chi connectivity index (χ3n) is 4.20. The molecule has 0 saturated carbocycles. The quantitative estimate of drug-likeness (QED) is 0.872. The summed E-state index contributed by atoms with van der Waals surface area (Å²) in [4.78, 5) is 19.1. The first-order valence-electron chi connectivity index (χ1n) is 8.06. The predicted octanol–water partition coefficient (Wildman–Crippen LogP) is 3.32. The summed E-state index contributed by atoms with van der Waals surface area (Å²) in [6.07, 6.45) is 2.02. The maximum Gasteiger partial charge on any atom is 0.254 e. The molecule has 1 aliphatic heterocycles. The smallest absolute Gasteiger partial charge is 0.254 e. The van der Waals surface area contributed by atoms with Gasteiger partial charge >= 0.3 is 0 Å². The zero-order valence-electron chi connectivity index (χ0n) is 13.5. The molecule has 1 aromatic heterocycles. The first-order chi connectivity index (χ1) is 11.1. The van der Waals surface area contributed by atoms with Crippen LogP contribution < -0.4 is 0 Å². The van der Waals surface area contributed by atoms with Crippen molar-refractivity contribution < 1.29 is 13.9 Å². The summed E-state index contributed by atoms with van der Waals surface area (Å²) < 4.78 is 19.1. The number of carbonyl (C=O) groups excluding carboxylic acids is 1. The van der Waals surface area contributed by atoms with E-state index in [4.69, 9.17) is 4.74 Å². The number of halogens is 1. The molecule has 1 aliphatic rings. The maximum atomic E-state index is 13.4. The van der Waals surface area contributed by atoms with Crippen LogP contribution in [-0.4, -0.2) is 41.6 Å². The van der Waals surface area contributed by atoms with Gasteiger partial charge in [-0.2, -0.15) is 0 Å². The van der Waals surface area contributed by atoms with E-state index in [0.717, 1.165) is 19.4 Å². The summed E-state index contributed by atoms with van der Waals surface area (Å²) in [5, 5.41) is 0.695. The van der Waals surface area contributed by atoms with E-state index in [1.54, 1.807) is 12.1 Å². The molecule has 1 aromatic carbocycles. The second kappa shape index (κ2) is 6.62. The minimum atomic E-state index is -0.344. The monoisotopic (exact) mass is 316 g/mol. The molecule has 0 radical (unpaired) electrons. The van der Waals surface area contributed by atoms with E-state index < -0.39 is 0 Å². The van der Waals surface area contributed by atoms with E-state index in [0.29, 0.717) is 35.3 Å². The van der Waals surface area contributed by atoms with Gasteiger partial charge in [0.25, 0.3) is 5.91 Å². The van der Waals surface area contributed by atoms with E-state index in [2.05, 4.69) is 4.98 Å². The van der Waals surface area contributed by atoms with Gasteiger partial charge < -0.3 is 9.64 Å². The van der Waals surface area contributed by atoms with Crippen LogP contribution in [0.5, 0.6) is 0 Å².